The second kappa shape index (κ2) is 9.04. The van der Waals surface area contributed by atoms with Crippen LogP contribution in [-0.4, -0.2) is 31.3 Å². The van der Waals surface area contributed by atoms with Crippen LogP contribution < -0.4 is 10.1 Å². The number of hydrogen-bond acceptors (Lipinski definition) is 6. The number of carbonyl (C=O) groups excluding carboxylic acids is 1. The summed E-state index contributed by atoms with van der Waals surface area (Å²) in [6.07, 6.45) is 2.02. The normalized spacial score (nSPS) is 16.7. The van der Waals surface area contributed by atoms with Gasteiger partial charge in [0.2, 0.25) is 5.91 Å². The van der Waals surface area contributed by atoms with Crippen LogP contribution in [0.25, 0.3) is 0 Å². The van der Waals surface area contributed by atoms with E-state index in [-0.39, 0.29) is 5.91 Å². The number of hydrogen-bond donors (Lipinski definition) is 2. The minimum Gasteiger partial charge on any atom is -0.497 e. The first-order valence-corrected chi connectivity index (χ1v) is 10.7. The van der Waals surface area contributed by atoms with Crippen LogP contribution in [0.1, 0.15) is 40.0 Å². The fourth-order valence-electron chi connectivity index (χ4n) is 3.84. The Bertz CT molecular complexity index is 958. The van der Waals surface area contributed by atoms with Crippen molar-refractivity contribution in [2.75, 3.05) is 20.3 Å². The Kier molecular flexibility index (Phi) is 6.22. The SMILES string of the molecule is COc1ccc(C2(C(=O)NCc3ccc(C(O)c4ccco4)s3)CCOCC2)cc1. The van der Waals surface area contributed by atoms with Crippen LogP contribution in [0.3, 0.4) is 0 Å². The van der Waals surface area contributed by atoms with Crippen LogP contribution >= 0.6 is 11.3 Å². The van der Waals surface area contributed by atoms with Crippen LogP contribution in [0.4, 0.5) is 0 Å². The van der Waals surface area contributed by atoms with Crippen LogP contribution in [0.15, 0.2) is 59.2 Å². The molecule has 1 saturated heterocycles. The molecule has 1 atom stereocenters. The van der Waals surface area contributed by atoms with Gasteiger partial charge in [-0.3, -0.25) is 4.79 Å². The zero-order valence-corrected chi connectivity index (χ0v) is 17.6. The lowest BCUT2D eigenvalue weighted by Gasteiger charge is -2.36. The topological polar surface area (TPSA) is 80.9 Å². The number of ether oxygens (including phenoxy) is 2. The predicted molar refractivity (Wildman–Crippen MR) is 114 cm³/mol. The Balaban J connectivity index is 1.47. The van der Waals surface area contributed by atoms with E-state index in [1.807, 2.05) is 36.4 Å². The molecule has 2 aromatic heterocycles. The Morgan fingerprint density at radius 1 is 1.20 bits per heavy atom. The molecule has 0 aliphatic carbocycles. The molecule has 2 N–H and O–H groups in total. The third kappa shape index (κ3) is 4.14. The molecular weight excluding hydrogens is 402 g/mol. The van der Waals surface area contributed by atoms with Gasteiger partial charge in [-0.25, -0.2) is 0 Å². The molecule has 3 heterocycles. The van der Waals surface area contributed by atoms with Gasteiger partial charge in [0.1, 0.15) is 17.6 Å². The Morgan fingerprint density at radius 3 is 2.63 bits per heavy atom. The number of methoxy groups -OCH3 is 1. The molecule has 7 heteroatoms. The van der Waals surface area contributed by atoms with Gasteiger partial charge in [0.15, 0.2) is 0 Å². The number of carbonyl (C=O) groups is 1. The highest BCUT2D eigenvalue weighted by Gasteiger charge is 2.41. The third-order valence-corrected chi connectivity index (χ3v) is 6.75. The molecule has 1 amide bonds. The molecule has 0 saturated carbocycles. The van der Waals surface area contributed by atoms with E-state index in [1.165, 1.54) is 11.3 Å². The maximum absolute atomic E-state index is 13.3. The summed E-state index contributed by atoms with van der Waals surface area (Å²) in [5.41, 5.74) is 0.363. The summed E-state index contributed by atoms with van der Waals surface area (Å²) in [4.78, 5) is 15.1. The predicted octanol–water partition coefficient (Wildman–Crippen LogP) is 3.80. The van der Waals surface area contributed by atoms with Crippen molar-refractivity contribution >= 4 is 17.2 Å². The van der Waals surface area contributed by atoms with E-state index in [0.717, 1.165) is 21.1 Å². The van der Waals surface area contributed by atoms with Crippen molar-refractivity contribution in [3.8, 4) is 5.75 Å². The van der Waals surface area contributed by atoms with Gasteiger partial charge in [-0.05, 0) is 54.8 Å². The summed E-state index contributed by atoms with van der Waals surface area (Å²) < 4.78 is 16.1. The minimum absolute atomic E-state index is 0.00231. The van der Waals surface area contributed by atoms with Crippen molar-refractivity contribution < 1.29 is 23.8 Å². The lowest BCUT2D eigenvalue weighted by Crippen LogP contribution is -2.47. The monoisotopic (exact) mass is 427 g/mol. The fraction of sp³-hybridized carbons (Fsp3) is 0.348. The summed E-state index contributed by atoms with van der Waals surface area (Å²) >= 11 is 1.46. The molecule has 1 fully saturated rings. The summed E-state index contributed by atoms with van der Waals surface area (Å²) in [6, 6.07) is 15.0. The fourth-order valence-corrected chi connectivity index (χ4v) is 4.78. The Labute approximate surface area is 179 Å². The highest BCUT2D eigenvalue weighted by atomic mass is 32.1. The Morgan fingerprint density at radius 2 is 1.97 bits per heavy atom. The van der Waals surface area contributed by atoms with Gasteiger partial charge in [0.05, 0.1) is 25.3 Å². The molecule has 0 bridgehead atoms. The zero-order chi connectivity index (χ0) is 21.0. The molecule has 0 spiro atoms. The second-order valence-electron chi connectivity index (χ2n) is 7.33. The first-order valence-electron chi connectivity index (χ1n) is 9.93. The van der Waals surface area contributed by atoms with Crippen LogP contribution in [0, 0.1) is 0 Å². The largest absolute Gasteiger partial charge is 0.497 e. The maximum atomic E-state index is 13.3. The van der Waals surface area contributed by atoms with Gasteiger partial charge in [-0.15, -0.1) is 11.3 Å². The van der Waals surface area contributed by atoms with E-state index in [2.05, 4.69) is 5.32 Å². The smallest absolute Gasteiger partial charge is 0.231 e. The summed E-state index contributed by atoms with van der Waals surface area (Å²) in [6.45, 7) is 1.52. The van der Waals surface area contributed by atoms with Gasteiger partial charge in [-0.2, -0.15) is 0 Å². The molecule has 1 aromatic carbocycles. The molecule has 0 radical (unpaired) electrons. The van der Waals surface area contributed by atoms with Crippen molar-refractivity contribution in [3.63, 3.8) is 0 Å². The number of amides is 1. The summed E-state index contributed by atoms with van der Waals surface area (Å²) in [7, 11) is 1.63. The van der Waals surface area contributed by atoms with E-state index in [0.29, 0.717) is 38.4 Å². The van der Waals surface area contributed by atoms with Crippen molar-refractivity contribution in [2.24, 2.45) is 0 Å². The number of benzene rings is 1. The molecule has 6 nitrogen and oxygen atoms in total. The Hall–Kier alpha value is -2.61. The molecular formula is C23H25NO5S. The van der Waals surface area contributed by atoms with Crippen molar-refractivity contribution in [1.82, 2.24) is 5.32 Å². The van der Waals surface area contributed by atoms with E-state index >= 15 is 0 Å². The molecule has 3 aromatic rings. The van der Waals surface area contributed by atoms with E-state index in [9.17, 15) is 9.90 Å². The quantitative estimate of drug-likeness (QED) is 0.600. The molecule has 4 rings (SSSR count). The van der Waals surface area contributed by atoms with Crippen LogP contribution in [0.5, 0.6) is 5.75 Å². The second-order valence-corrected chi connectivity index (χ2v) is 8.53. The van der Waals surface area contributed by atoms with Gasteiger partial charge >= 0.3 is 0 Å². The lowest BCUT2D eigenvalue weighted by molar-refractivity contribution is -0.130. The average Bonchev–Trinajstić information content (AvgIpc) is 3.50. The summed E-state index contributed by atoms with van der Waals surface area (Å²) in [5.74, 6) is 1.27. The lowest BCUT2D eigenvalue weighted by atomic mass is 9.73. The number of thiophene rings is 1. The number of aliphatic hydroxyl groups excluding tert-OH is 1. The van der Waals surface area contributed by atoms with Crippen LogP contribution in [0.2, 0.25) is 0 Å². The van der Waals surface area contributed by atoms with Crippen molar-refractivity contribution in [1.29, 1.82) is 0 Å². The first kappa shape index (κ1) is 20.7. The maximum Gasteiger partial charge on any atom is 0.231 e. The number of aliphatic hydroxyl groups is 1. The molecule has 158 valence electrons. The molecule has 1 aliphatic rings. The number of rotatable bonds is 7. The van der Waals surface area contributed by atoms with Gasteiger partial charge in [0.25, 0.3) is 0 Å². The van der Waals surface area contributed by atoms with Gasteiger partial charge < -0.3 is 24.3 Å². The van der Waals surface area contributed by atoms with Crippen molar-refractivity contribution in [3.05, 3.63) is 75.9 Å². The van der Waals surface area contributed by atoms with Gasteiger partial charge in [0, 0.05) is 23.0 Å². The number of furan rings is 1. The molecule has 1 unspecified atom stereocenters. The minimum atomic E-state index is -0.796. The van der Waals surface area contributed by atoms with Crippen molar-refractivity contribution in [2.45, 2.75) is 30.9 Å². The standard InChI is InChI=1S/C23H25NO5S/c1-27-17-6-4-16(5-7-17)23(10-13-28-14-11-23)22(26)24-15-18-8-9-20(30-18)21(25)19-3-2-12-29-19/h2-9,12,21,25H,10-11,13-15H2,1H3,(H,24,26). The highest BCUT2D eigenvalue weighted by molar-refractivity contribution is 7.12. The van der Waals surface area contributed by atoms with E-state index in [1.54, 1.807) is 25.5 Å². The van der Waals surface area contributed by atoms with Gasteiger partial charge in [-0.1, -0.05) is 12.1 Å². The third-order valence-electron chi connectivity index (χ3n) is 5.61. The van der Waals surface area contributed by atoms with Crippen LogP contribution in [-0.2, 0) is 21.5 Å². The zero-order valence-electron chi connectivity index (χ0n) is 16.8. The average molecular weight is 428 g/mol. The van der Waals surface area contributed by atoms with E-state index < -0.39 is 11.5 Å². The number of nitrogens with one attached hydrogen (secondary N) is 1. The molecule has 1 aliphatic heterocycles. The highest BCUT2D eigenvalue weighted by Crippen LogP contribution is 2.36. The summed E-state index contributed by atoms with van der Waals surface area (Å²) in [5, 5.41) is 13.5. The van der Waals surface area contributed by atoms with E-state index in [4.69, 9.17) is 13.9 Å². The molecule has 30 heavy (non-hydrogen) atoms. The first-order chi connectivity index (χ1) is 14.6.